The lowest BCUT2D eigenvalue weighted by molar-refractivity contribution is 0.669. The fourth-order valence-corrected chi connectivity index (χ4v) is 2.46. The number of nitrogens with zero attached hydrogens (tertiary/aromatic N) is 3. The fourth-order valence-electron chi connectivity index (χ4n) is 2.46. The zero-order valence-electron chi connectivity index (χ0n) is 12.1. The summed E-state index contributed by atoms with van der Waals surface area (Å²) in [4.78, 5) is 12.1. The van der Waals surface area contributed by atoms with Crippen LogP contribution in [0.25, 0.3) is 11.4 Å². The van der Waals surface area contributed by atoms with Crippen LogP contribution in [-0.4, -0.2) is 14.3 Å². The summed E-state index contributed by atoms with van der Waals surface area (Å²) in [6, 6.07) is 1.90. The molecule has 0 aliphatic carbocycles. The molecule has 0 spiro atoms. The summed E-state index contributed by atoms with van der Waals surface area (Å²) in [7, 11) is 1.78. The summed E-state index contributed by atoms with van der Waals surface area (Å²) >= 11 is 0. The lowest BCUT2D eigenvalue weighted by Gasteiger charge is -2.11. The van der Waals surface area contributed by atoms with Gasteiger partial charge in [0, 0.05) is 24.7 Å². The predicted molar refractivity (Wildman–Crippen MR) is 83.9 cm³/mol. The van der Waals surface area contributed by atoms with E-state index in [2.05, 4.69) is 5.10 Å². The van der Waals surface area contributed by atoms with Crippen molar-refractivity contribution in [1.29, 1.82) is 0 Å². The summed E-state index contributed by atoms with van der Waals surface area (Å²) in [5.74, 6) is 0.657. The number of hydrogen-bond acceptors (Lipinski definition) is 3. The first-order valence-electron chi connectivity index (χ1n) is 6.39. The van der Waals surface area contributed by atoms with Crippen molar-refractivity contribution in [2.24, 2.45) is 7.05 Å². The van der Waals surface area contributed by atoms with E-state index in [1.165, 1.54) is 0 Å². The van der Waals surface area contributed by atoms with Crippen molar-refractivity contribution in [2.45, 2.75) is 41.7 Å². The van der Waals surface area contributed by atoms with Crippen LogP contribution in [0.4, 0.5) is 5.82 Å². The summed E-state index contributed by atoms with van der Waals surface area (Å²) in [5.41, 5.74) is 10.4. The molecule has 110 valence electrons. The van der Waals surface area contributed by atoms with E-state index in [-0.39, 0.29) is 13.0 Å². The molecule has 0 aliphatic rings. The van der Waals surface area contributed by atoms with E-state index in [1.54, 1.807) is 16.3 Å². The summed E-state index contributed by atoms with van der Waals surface area (Å²) in [6.45, 7) is 8.46. The maximum Gasteiger partial charge on any atom is 0.253 e. The number of aryl methyl sites for hydroxylation is 3. The topological polar surface area (TPSA) is 65.8 Å². The maximum absolute atomic E-state index is 12.1. The predicted octanol–water partition coefficient (Wildman–Crippen LogP) is 2.41. The lowest BCUT2D eigenvalue weighted by Crippen LogP contribution is -2.22. The molecule has 0 unspecified atom stereocenters. The SMILES string of the molecule is C.CCn1nc(-c2c(C)cc(C)c(=O)n2C)c(C)c1N. The third-order valence-corrected chi connectivity index (χ3v) is 3.55. The summed E-state index contributed by atoms with van der Waals surface area (Å²) in [6.07, 6.45) is 0. The van der Waals surface area contributed by atoms with E-state index in [9.17, 15) is 4.79 Å². The quantitative estimate of drug-likeness (QED) is 0.916. The molecule has 5 nitrogen and oxygen atoms in total. The average Bonchev–Trinajstić information content (AvgIpc) is 2.64. The van der Waals surface area contributed by atoms with Crippen molar-refractivity contribution >= 4 is 5.82 Å². The fraction of sp³-hybridized carbons (Fsp3) is 0.467. The van der Waals surface area contributed by atoms with Gasteiger partial charge in [-0.15, -0.1) is 0 Å². The number of pyridine rings is 1. The lowest BCUT2D eigenvalue weighted by atomic mass is 10.1. The van der Waals surface area contributed by atoms with Gasteiger partial charge in [-0.1, -0.05) is 7.43 Å². The number of rotatable bonds is 2. The number of nitrogen functional groups attached to an aromatic ring is 1. The molecule has 2 rings (SSSR count). The molecule has 2 aromatic rings. The van der Waals surface area contributed by atoms with Crippen molar-refractivity contribution in [3.63, 3.8) is 0 Å². The molecule has 0 saturated carbocycles. The van der Waals surface area contributed by atoms with Gasteiger partial charge in [-0.3, -0.25) is 4.79 Å². The normalized spacial score (nSPS) is 10.4. The molecule has 5 heteroatoms. The smallest absolute Gasteiger partial charge is 0.253 e. The molecule has 0 radical (unpaired) electrons. The summed E-state index contributed by atoms with van der Waals surface area (Å²) in [5, 5.41) is 4.52. The molecule has 0 fully saturated rings. The Morgan fingerprint density at radius 3 is 2.35 bits per heavy atom. The van der Waals surface area contributed by atoms with Crippen molar-refractivity contribution < 1.29 is 0 Å². The second kappa shape index (κ2) is 5.53. The van der Waals surface area contributed by atoms with E-state index < -0.39 is 0 Å². The Labute approximate surface area is 120 Å². The number of hydrogen-bond donors (Lipinski definition) is 1. The molecule has 0 atom stereocenters. The van der Waals surface area contributed by atoms with Crippen LogP contribution in [0.3, 0.4) is 0 Å². The standard InChI is InChI=1S/C14H20N4O.CH4/c1-6-18-13(15)10(4)11(16-18)12-8(2)7-9(3)14(19)17(12)5;/h7H,6,15H2,1-5H3;1H4. The van der Waals surface area contributed by atoms with Crippen LogP contribution >= 0.6 is 0 Å². The minimum absolute atomic E-state index is 0. The van der Waals surface area contributed by atoms with Crippen LogP contribution < -0.4 is 11.3 Å². The molecule has 0 aliphatic heterocycles. The monoisotopic (exact) mass is 276 g/mol. The molecular formula is C15H24N4O. The second-order valence-electron chi connectivity index (χ2n) is 4.90. The molecule has 2 aromatic heterocycles. The largest absolute Gasteiger partial charge is 0.384 e. The number of nitrogens with two attached hydrogens (primary N) is 1. The van der Waals surface area contributed by atoms with Gasteiger partial charge in [-0.25, -0.2) is 4.68 Å². The third-order valence-electron chi connectivity index (χ3n) is 3.55. The van der Waals surface area contributed by atoms with Gasteiger partial charge in [0.1, 0.15) is 11.5 Å². The first-order valence-corrected chi connectivity index (χ1v) is 6.39. The van der Waals surface area contributed by atoms with Crippen molar-refractivity contribution in [1.82, 2.24) is 14.3 Å². The Morgan fingerprint density at radius 1 is 1.25 bits per heavy atom. The van der Waals surface area contributed by atoms with Gasteiger partial charge in [0.25, 0.3) is 5.56 Å². The number of anilines is 1. The van der Waals surface area contributed by atoms with E-state index in [0.717, 1.165) is 28.1 Å². The second-order valence-corrected chi connectivity index (χ2v) is 4.90. The first kappa shape index (κ1) is 16.0. The molecule has 0 bridgehead atoms. The molecule has 0 saturated heterocycles. The van der Waals surface area contributed by atoms with Crippen LogP contribution in [0.1, 0.15) is 31.0 Å². The molecule has 0 amide bonds. The molecule has 20 heavy (non-hydrogen) atoms. The zero-order valence-corrected chi connectivity index (χ0v) is 12.1. The third kappa shape index (κ3) is 2.24. The van der Waals surface area contributed by atoms with E-state index in [0.29, 0.717) is 12.4 Å². The Kier molecular flexibility index (Phi) is 4.43. The van der Waals surface area contributed by atoms with Gasteiger partial charge < -0.3 is 10.3 Å². The highest BCUT2D eigenvalue weighted by molar-refractivity contribution is 5.68. The Bertz CT molecular complexity index is 695. The van der Waals surface area contributed by atoms with Crippen LogP contribution in [-0.2, 0) is 13.6 Å². The Hall–Kier alpha value is -2.04. The van der Waals surface area contributed by atoms with E-state index in [1.807, 2.05) is 33.8 Å². The van der Waals surface area contributed by atoms with Gasteiger partial charge in [-0.2, -0.15) is 5.10 Å². The molecule has 0 aromatic carbocycles. The molecular weight excluding hydrogens is 252 g/mol. The van der Waals surface area contributed by atoms with Gasteiger partial charge >= 0.3 is 0 Å². The van der Waals surface area contributed by atoms with Gasteiger partial charge in [0.2, 0.25) is 0 Å². The van der Waals surface area contributed by atoms with Gasteiger partial charge in [0.05, 0.1) is 5.69 Å². The highest BCUT2D eigenvalue weighted by Gasteiger charge is 2.18. The van der Waals surface area contributed by atoms with Crippen LogP contribution in [0.5, 0.6) is 0 Å². The van der Waals surface area contributed by atoms with Crippen LogP contribution in [0.15, 0.2) is 10.9 Å². The zero-order chi connectivity index (χ0) is 14.3. The van der Waals surface area contributed by atoms with Crippen molar-refractivity contribution in [3.8, 4) is 11.4 Å². The highest BCUT2D eigenvalue weighted by Crippen LogP contribution is 2.27. The first-order chi connectivity index (χ1) is 8.88. The van der Waals surface area contributed by atoms with Gasteiger partial charge in [-0.05, 0) is 39.3 Å². The Balaban J connectivity index is 0.00000200. The minimum atomic E-state index is 0. The van der Waals surface area contributed by atoms with Crippen LogP contribution in [0.2, 0.25) is 0 Å². The maximum atomic E-state index is 12.1. The Morgan fingerprint density at radius 2 is 1.85 bits per heavy atom. The van der Waals surface area contributed by atoms with Crippen molar-refractivity contribution in [3.05, 3.63) is 33.1 Å². The average molecular weight is 276 g/mol. The summed E-state index contributed by atoms with van der Waals surface area (Å²) < 4.78 is 3.41. The van der Waals surface area contributed by atoms with E-state index >= 15 is 0 Å². The van der Waals surface area contributed by atoms with Crippen LogP contribution in [0, 0.1) is 20.8 Å². The van der Waals surface area contributed by atoms with Crippen molar-refractivity contribution in [2.75, 3.05) is 5.73 Å². The van der Waals surface area contributed by atoms with E-state index in [4.69, 9.17) is 5.73 Å². The number of aromatic nitrogens is 3. The molecule has 2 N–H and O–H groups in total. The highest BCUT2D eigenvalue weighted by atomic mass is 16.1. The van der Waals surface area contributed by atoms with Gasteiger partial charge in [0.15, 0.2) is 0 Å². The minimum Gasteiger partial charge on any atom is -0.384 e. The molecule has 2 heterocycles.